The van der Waals surface area contributed by atoms with Gasteiger partial charge >= 0.3 is 0 Å². The maximum absolute atomic E-state index is 6.66. The SMILES string of the molecule is CCCCCCCCCCCCCC[C@@H](OCOC)[C@H]1CC[C@H]([C@@H](CC[C@@H](CCCCCCCI)OCOC)OCOC)O1. The summed E-state index contributed by atoms with van der Waals surface area (Å²) in [6, 6.07) is 0. The summed E-state index contributed by atoms with van der Waals surface area (Å²) >= 11 is 2.47. The van der Waals surface area contributed by atoms with Crippen molar-refractivity contribution >= 4 is 22.6 Å². The molecule has 264 valence electrons. The first-order valence-corrected chi connectivity index (χ1v) is 19.8. The number of methoxy groups -OCH3 is 3. The molecule has 1 rings (SSSR count). The van der Waals surface area contributed by atoms with Gasteiger partial charge < -0.3 is 33.2 Å². The van der Waals surface area contributed by atoms with Gasteiger partial charge in [-0.05, 0) is 49.4 Å². The molecule has 0 aromatic heterocycles. The van der Waals surface area contributed by atoms with Crippen LogP contribution in [0.4, 0.5) is 0 Å². The summed E-state index contributed by atoms with van der Waals surface area (Å²) in [5.74, 6) is 0. The van der Waals surface area contributed by atoms with Crippen molar-refractivity contribution in [2.45, 2.75) is 185 Å². The van der Waals surface area contributed by atoms with Crippen LogP contribution in [0, 0.1) is 0 Å². The maximum atomic E-state index is 6.66. The molecule has 7 nitrogen and oxygen atoms in total. The standard InChI is InChI=1S/C36H71IO7/c1-5-6-7-8-9-10-11-12-13-14-17-20-23-33(42-30-39-3)35-26-27-36(44-35)34(43-31-40-4)25-24-32(41-29-38-2)22-19-16-15-18-21-28-37/h32-36H,5-31H2,1-4H3/t32-,33-,34-,35-,36-/m1/s1. The van der Waals surface area contributed by atoms with E-state index in [-0.39, 0.29) is 37.3 Å². The van der Waals surface area contributed by atoms with Crippen molar-refractivity contribution in [2.24, 2.45) is 0 Å². The topological polar surface area (TPSA) is 64.6 Å². The van der Waals surface area contributed by atoms with Crippen LogP contribution in [-0.2, 0) is 33.2 Å². The van der Waals surface area contributed by atoms with Gasteiger partial charge in [-0.1, -0.05) is 132 Å². The molecule has 44 heavy (non-hydrogen) atoms. The molecule has 0 spiro atoms. The lowest BCUT2D eigenvalue weighted by Gasteiger charge is -2.28. The molecule has 0 saturated carbocycles. The van der Waals surface area contributed by atoms with Crippen LogP contribution in [0.3, 0.4) is 0 Å². The van der Waals surface area contributed by atoms with Crippen molar-refractivity contribution in [1.82, 2.24) is 0 Å². The van der Waals surface area contributed by atoms with E-state index in [9.17, 15) is 0 Å². The van der Waals surface area contributed by atoms with Gasteiger partial charge in [0.15, 0.2) is 0 Å². The minimum absolute atomic E-state index is 0.0213. The van der Waals surface area contributed by atoms with E-state index in [0.29, 0.717) is 13.6 Å². The van der Waals surface area contributed by atoms with E-state index in [1.165, 1.54) is 114 Å². The predicted octanol–water partition coefficient (Wildman–Crippen LogP) is 10.1. The third kappa shape index (κ3) is 22.9. The lowest BCUT2D eigenvalue weighted by atomic mass is 9.98. The molecule has 0 unspecified atom stereocenters. The molecule has 0 N–H and O–H groups in total. The molecule has 1 aliphatic heterocycles. The van der Waals surface area contributed by atoms with Gasteiger partial charge in [-0.3, -0.25) is 0 Å². The number of hydrogen-bond donors (Lipinski definition) is 0. The number of halogens is 1. The van der Waals surface area contributed by atoms with Gasteiger partial charge in [0.05, 0.1) is 30.5 Å². The molecular weight excluding hydrogens is 671 g/mol. The Balaban J connectivity index is 2.47. The van der Waals surface area contributed by atoms with E-state index in [2.05, 4.69) is 29.5 Å². The average Bonchev–Trinajstić information content (AvgIpc) is 3.53. The van der Waals surface area contributed by atoms with E-state index in [1.54, 1.807) is 21.3 Å². The zero-order chi connectivity index (χ0) is 31.9. The molecule has 8 heteroatoms. The average molecular weight is 743 g/mol. The Morgan fingerprint density at radius 1 is 0.523 bits per heavy atom. The van der Waals surface area contributed by atoms with Gasteiger partial charge in [-0.15, -0.1) is 0 Å². The van der Waals surface area contributed by atoms with Crippen LogP contribution in [0.1, 0.15) is 155 Å². The third-order valence-electron chi connectivity index (χ3n) is 8.91. The summed E-state index contributed by atoms with van der Waals surface area (Å²) in [5.41, 5.74) is 0. The zero-order valence-corrected chi connectivity index (χ0v) is 31.4. The quantitative estimate of drug-likeness (QED) is 0.0282. The highest BCUT2D eigenvalue weighted by atomic mass is 127. The Morgan fingerprint density at radius 2 is 0.955 bits per heavy atom. The second-order valence-electron chi connectivity index (χ2n) is 12.7. The predicted molar refractivity (Wildman–Crippen MR) is 190 cm³/mol. The molecule has 1 fully saturated rings. The van der Waals surface area contributed by atoms with Crippen LogP contribution in [0.2, 0.25) is 0 Å². The summed E-state index contributed by atoms with van der Waals surface area (Å²) in [6.45, 7) is 3.21. The Kier molecular flexibility index (Phi) is 30.9. The van der Waals surface area contributed by atoms with Crippen LogP contribution < -0.4 is 0 Å². The van der Waals surface area contributed by atoms with Crippen molar-refractivity contribution in [3.63, 3.8) is 0 Å². The molecule has 0 aromatic carbocycles. The highest BCUT2D eigenvalue weighted by Crippen LogP contribution is 2.31. The van der Waals surface area contributed by atoms with Crippen LogP contribution in [-0.4, -0.2) is 76.7 Å². The Morgan fingerprint density at radius 3 is 1.45 bits per heavy atom. The van der Waals surface area contributed by atoms with Gasteiger partial charge in [0.25, 0.3) is 0 Å². The normalized spacial score (nSPS) is 19.0. The van der Waals surface area contributed by atoms with E-state index < -0.39 is 0 Å². The third-order valence-corrected chi connectivity index (χ3v) is 9.67. The zero-order valence-electron chi connectivity index (χ0n) is 29.2. The number of rotatable bonds is 34. The summed E-state index contributed by atoms with van der Waals surface area (Å²) in [6.07, 6.45) is 28.9. The molecule has 5 atom stereocenters. The lowest BCUT2D eigenvalue weighted by Crippen LogP contribution is -2.35. The highest BCUT2D eigenvalue weighted by Gasteiger charge is 2.37. The number of alkyl halides is 1. The van der Waals surface area contributed by atoms with Crippen LogP contribution >= 0.6 is 22.6 Å². The second-order valence-corrected chi connectivity index (χ2v) is 13.8. The van der Waals surface area contributed by atoms with Gasteiger partial charge in [0, 0.05) is 21.3 Å². The summed E-state index contributed by atoms with van der Waals surface area (Å²) in [7, 11) is 5.07. The molecule has 0 bridgehead atoms. The van der Waals surface area contributed by atoms with Gasteiger partial charge in [-0.25, -0.2) is 0 Å². The highest BCUT2D eigenvalue weighted by molar-refractivity contribution is 14.1. The molecule has 0 aromatic rings. The van der Waals surface area contributed by atoms with Gasteiger partial charge in [0.1, 0.15) is 20.4 Å². The van der Waals surface area contributed by atoms with Crippen LogP contribution in [0.15, 0.2) is 0 Å². The fraction of sp³-hybridized carbons (Fsp3) is 1.00. The van der Waals surface area contributed by atoms with E-state index in [0.717, 1.165) is 38.5 Å². The summed E-state index contributed by atoms with van der Waals surface area (Å²) < 4.78 is 42.1. The van der Waals surface area contributed by atoms with E-state index in [1.807, 2.05) is 0 Å². The van der Waals surface area contributed by atoms with Crippen molar-refractivity contribution in [3.05, 3.63) is 0 Å². The smallest absolute Gasteiger partial charge is 0.146 e. The Labute approximate surface area is 286 Å². The molecule has 1 heterocycles. The Hall–Kier alpha value is 0.450. The van der Waals surface area contributed by atoms with Gasteiger partial charge in [-0.2, -0.15) is 0 Å². The molecule has 0 radical (unpaired) electrons. The van der Waals surface area contributed by atoms with E-state index in [4.69, 9.17) is 33.2 Å². The minimum atomic E-state index is -0.0213. The second kappa shape index (κ2) is 32.0. The van der Waals surface area contributed by atoms with Crippen molar-refractivity contribution in [2.75, 3.05) is 46.1 Å². The number of ether oxygens (including phenoxy) is 7. The molecule has 1 saturated heterocycles. The first-order valence-electron chi connectivity index (χ1n) is 18.2. The van der Waals surface area contributed by atoms with Gasteiger partial charge in [0.2, 0.25) is 0 Å². The first kappa shape index (κ1) is 42.5. The number of hydrogen-bond acceptors (Lipinski definition) is 7. The van der Waals surface area contributed by atoms with Crippen LogP contribution in [0.25, 0.3) is 0 Å². The van der Waals surface area contributed by atoms with Crippen molar-refractivity contribution < 1.29 is 33.2 Å². The minimum Gasteiger partial charge on any atom is -0.370 e. The molecule has 1 aliphatic rings. The van der Waals surface area contributed by atoms with Crippen molar-refractivity contribution in [3.8, 4) is 0 Å². The fourth-order valence-corrected chi connectivity index (χ4v) is 6.85. The summed E-state index contributed by atoms with van der Waals surface area (Å²) in [4.78, 5) is 0. The molecular formula is C36H71IO7. The largest absolute Gasteiger partial charge is 0.370 e. The maximum Gasteiger partial charge on any atom is 0.146 e. The number of unbranched alkanes of at least 4 members (excludes halogenated alkanes) is 15. The molecule has 0 amide bonds. The van der Waals surface area contributed by atoms with Crippen LogP contribution in [0.5, 0.6) is 0 Å². The summed E-state index contributed by atoms with van der Waals surface area (Å²) in [5, 5.41) is 0. The lowest BCUT2D eigenvalue weighted by molar-refractivity contribution is -0.161. The first-order chi connectivity index (χ1) is 21.7. The fourth-order valence-electron chi connectivity index (χ4n) is 6.31. The Bertz CT molecular complexity index is 585. The van der Waals surface area contributed by atoms with E-state index >= 15 is 0 Å². The monoisotopic (exact) mass is 742 g/mol. The molecule has 0 aliphatic carbocycles. The van der Waals surface area contributed by atoms with Crippen molar-refractivity contribution in [1.29, 1.82) is 0 Å².